The molecule has 2 unspecified atom stereocenters. The summed E-state index contributed by atoms with van der Waals surface area (Å²) in [5, 5.41) is 8.88. The van der Waals surface area contributed by atoms with Gasteiger partial charge in [0.15, 0.2) is 0 Å². The van der Waals surface area contributed by atoms with Crippen LogP contribution in [-0.4, -0.2) is 29.4 Å². The van der Waals surface area contributed by atoms with Crippen molar-refractivity contribution in [2.45, 2.75) is 83.0 Å². The zero-order valence-electron chi connectivity index (χ0n) is 11.6. The van der Waals surface area contributed by atoms with Gasteiger partial charge in [-0.15, -0.1) is 0 Å². The fraction of sp³-hybridized carbons (Fsp3) is 1.00. The van der Waals surface area contributed by atoms with E-state index >= 15 is 0 Å². The molecule has 0 aliphatic rings. The third kappa shape index (κ3) is 8.06. The minimum atomic E-state index is -4.14. The Hall–Kier alpha value is -0.130. The van der Waals surface area contributed by atoms with Crippen molar-refractivity contribution >= 4 is 10.1 Å². The summed E-state index contributed by atoms with van der Waals surface area (Å²) in [6.07, 6.45) is 6.50. The van der Waals surface area contributed by atoms with Crippen LogP contribution in [0.2, 0.25) is 0 Å². The van der Waals surface area contributed by atoms with Gasteiger partial charge in [-0.1, -0.05) is 58.8 Å². The van der Waals surface area contributed by atoms with E-state index < -0.39 is 21.5 Å². The lowest BCUT2D eigenvalue weighted by atomic mass is 10.0. The predicted molar refractivity (Wildman–Crippen MR) is 74.2 cm³/mol. The van der Waals surface area contributed by atoms with Gasteiger partial charge in [-0.05, 0) is 12.8 Å². The monoisotopic (exact) mass is 280 g/mol. The van der Waals surface area contributed by atoms with Gasteiger partial charge < -0.3 is 5.11 Å². The molecule has 0 spiro atoms. The number of aliphatic hydroxyl groups is 1. The van der Waals surface area contributed by atoms with E-state index in [1.807, 2.05) is 0 Å². The lowest BCUT2D eigenvalue weighted by Gasteiger charge is -2.20. The predicted octanol–water partition coefficient (Wildman–Crippen LogP) is 3.15. The van der Waals surface area contributed by atoms with E-state index in [9.17, 15) is 18.1 Å². The molecular formula is C13H28O4S. The van der Waals surface area contributed by atoms with Crippen LogP contribution in [0.3, 0.4) is 0 Å². The van der Waals surface area contributed by atoms with Crippen molar-refractivity contribution in [3.05, 3.63) is 0 Å². The smallest absolute Gasteiger partial charge is 0.270 e. The largest absolute Gasteiger partial charge is 0.392 e. The van der Waals surface area contributed by atoms with E-state index in [4.69, 9.17) is 0 Å². The lowest BCUT2D eigenvalue weighted by Crippen LogP contribution is -2.33. The van der Waals surface area contributed by atoms with Crippen molar-refractivity contribution in [3.63, 3.8) is 0 Å². The van der Waals surface area contributed by atoms with Crippen LogP contribution in [-0.2, 0) is 10.1 Å². The van der Waals surface area contributed by atoms with Crippen LogP contribution in [0.5, 0.6) is 0 Å². The molecule has 110 valence electrons. The van der Waals surface area contributed by atoms with Gasteiger partial charge in [0.1, 0.15) is 5.25 Å². The summed E-state index contributed by atoms with van der Waals surface area (Å²) in [7, 11) is -4.14. The normalized spacial score (nSPS) is 15.6. The Kier molecular flexibility index (Phi) is 9.68. The standard InChI is InChI=1S/C13H28O4S/c1-3-5-7-9-11-13(18(15,16)17)12(14)10-8-6-4-2/h12-14H,3-11H2,1-2H3,(H,15,16,17). The first-order chi connectivity index (χ1) is 8.43. The maximum Gasteiger partial charge on any atom is 0.270 e. The summed E-state index contributed by atoms with van der Waals surface area (Å²) in [4.78, 5) is 0. The summed E-state index contributed by atoms with van der Waals surface area (Å²) in [5.41, 5.74) is 0. The molecule has 0 amide bonds. The fourth-order valence-corrected chi connectivity index (χ4v) is 3.10. The molecule has 5 heteroatoms. The van der Waals surface area contributed by atoms with E-state index in [0.29, 0.717) is 12.8 Å². The molecule has 0 aromatic heterocycles. The summed E-state index contributed by atoms with van der Waals surface area (Å²) in [6, 6.07) is 0. The first kappa shape index (κ1) is 17.9. The highest BCUT2D eigenvalue weighted by atomic mass is 32.2. The van der Waals surface area contributed by atoms with Crippen LogP contribution in [0.15, 0.2) is 0 Å². The molecule has 0 aromatic carbocycles. The maximum atomic E-state index is 11.3. The second-order valence-corrected chi connectivity index (χ2v) is 6.60. The van der Waals surface area contributed by atoms with E-state index in [2.05, 4.69) is 13.8 Å². The number of hydrogen-bond donors (Lipinski definition) is 2. The van der Waals surface area contributed by atoms with Crippen molar-refractivity contribution in [2.24, 2.45) is 0 Å². The van der Waals surface area contributed by atoms with Crippen LogP contribution in [0.1, 0.15) is 71.6 Å². The number of unbranched alkanes of at least 4 members (excludes halogenated alkanes) is 5. The topological polar surface area (TPSA) is 74.6 Å². The summed E-state index contributed by atoms with van der Waals surface area (Å²) >= 11 is 0. The third-order valence-corrected chi connectivity index (χ3v) is 4.57. The van der Waals surface area contributed by atoms with E-state index in [1.165, 1.54) is 0 Å². The van der Waals surface area contributed by atoms with E-state index in [-0.39, 0.29) is 0 Å². The fourth-order valence-electron chi connectivity index (χ4n) is 2.10. The van der Waals surface area contributed by atoms with Crippen LogP contribution in [0.25, 0.3) is 0 Å². The minimum Gasteiger partial charge on any atom is -0.392 e. The Morgan fingerprint density at radius 1 is 0.889 bits per heavy atom. The molecule has 0 heterocycles. The van der Waals surface area contributed by atoms with E-state index in [1.54, 1.807) is 0 Å². The highest BCUT2D eigenvalue weighted by Gasteiger charge is 2.29. The molecule has 0 bridgehead atoms. The maximum absolute atomic E-state index is 11.3. The molecule has 0 aliphatic heterocycles. The van der Waals surface area contributed by atoms with Gasteiger partial charge in [0.2, 0.25) is 0 Å². The Morgan fingerprint density at radius 2 is 1.39 bits per heavy atom. The van der Waals surface area contributed by atoms with E-state index in [0.717, 1.165) is 44.9 Å². The van der Waals surface area contributed by atoms with Crippen molar-refractivity contribution < 1.29 is 18.1 Å². The average molecular weight is 280 g/mol. The van der Waals surface area contributed by atoms with Crippen LogP contribution >= 0.6 is 0 Å². The van der Waals surface area contributed by atoms with Gasteiger partial charge in [-0.25, -0.2) is 0 Å². The summed E-state index contributed by atoms with van der Waals surface area (Å²) < 4.78 is 31.7. The first-order valence-corrected chi connectivity index (χ1v) is 8.58. The molecule has 0 aromatic rings. The van der Waals surface area contributed by atoms with Gasteiger partial charge in [0.05, 0.1) is 6.10 Å². The van der Waals surface area contributed by atoms with Crippen LogP contribution < -0.4 is 0 Å². The van der Waals surface area contributed by atoms with Crippen LogP contribution in [0, 0.1) is 0 Å². The average Bonchev–Trinajstić information content (AvgIpc) is 2.27. The minimum absolute atomic E-state index is 0.353. The van der Waals surface area contributed by atoms with Crippen LogP contribution in [0.4, 0.5) is 0 Å². The second kappa shape index (κ2) is 9.75. The first-order valence-electron chi connectivity index (χ1n) is 7.07. The molecule has 0 fully saturated rings. The Bertz CT molecular complexity index is 287. The molecule has 0 saturated carbocycles. The molecule has 0 rings (SSSR count). The second-order valence-electron chi connectivity index (χ2n) is 4.97. The van der Waals surface area contributed by atoms with Crippen molar-refractivity contribution in [1.82, 2.24) is 0 Å². The molecule has 18 heavy (non-hydrogen) atoms. The van der Waals surface area contributed by atoms with Gasteiger partial charge in [0.25, 0.3) is 10.1 Å². The number of aliphatic hydroxyl groups excluding tert-OH is 1. The molecular weight excluding hydrogens is 252 g/mol. The molecule has 0 radical (unpaired) electrons. The Morgan fingerprint density at radius 3 is 1.89 bits per heavy atom. The lowest BCUT2D eigenvalue weighted by molar-refractivity contribution is 0.146. The Labute approximate surface area is 112 Å². The third-order valence-electron chi connectivity index (χ3n) is 3.26. The van der Waals surface area contributed by atoms with Crippen molar-refractivity contribution in [2.75, 3.05) is 0 Å². The number of rotatable bonds is 11. The van der Waals surface area contributed by atoms with Gasteiger partial charge >= 0.3 is 0 Å². The van der Waals surface area contributed by atoms with Gasteiger partial charge in [0, 0.05) is 0 Å². The zero-order valence-corrected chi connectivity index (χ0v) is 12.5. The molecule has 2 atom stereocenters. The molecule has 0 aliphatic carbocycles. The molecule has 4 nitrogen and oxygen atoms in total. The molecule has 2 N–H and O–H groups in total. The Balaban J connectivity index is 4.22. The summed E-state index contributed by atoms with van der Waals surface area (Å²) in [6.45, 7) is 4.14. The number of hydrogen-bond acceptors (Lipinski definition) is 3. The summed E-state index contributed by atoms with van der Waals surface area (Å²) in [5.74, 6) is 0. The van der Waals surface area contributed by atoms with Crippen molar-refractivity contribution in [3.8, 4) is 0 Å². The highest BCUT2D eigenvalue weighted by molar-refractivity contribution is 7.86. The quantitative estimate of drug-likeness (QED) is 0.450. The SMILES string of the molecule is CCCCCCC(C(O)CCCCC)S(=O)(=O)O. The van der Waals surface area contributed by atoms with Gasteiger partial charge in [-0.3, -0.25) is 4.55 Å². The van der Waals surface area contributed by atoms with Crippen molar-refractivity contribution in [1.29, 1.82) is 0 Å². The van der Waals surface area contributed by atoms with Gasteiger partial charge in [-0.2, -0.15) is 8.42 Å². The molecule has 0 saturated heterocycles. The zero-order chi connectivity index (χ0) is 14.0. The highest BCUT2D eigenvalue weighted by Crippen LogP contribution is 2.19.